The van der Waals surface area contributed by atoms with E-state index in [1.165, 1.54) is 0 Å². The summed E-state index contributed by atoms with van der Waals surface area (Å²) in [4.78, 5) is 11.5. The van der Waals surface area contributed by atoms with E-state index in [1.807, 2.05) is 30.0 Å². The fraction of sp³-hybridized carbons (Fsp3) is 0.462. The maximum Gasteiger partial charge on any atom is 0.163 e. The van der Waals surface area contributed by atoms with Gasteiger partial charge in [-0.1, -0.05) is 12.1 Å². The summed E-state index contributed by atoms with van der Waals surface area (Å²) in [5, 5.41) is 0. The molecular formula is C13H16O2S. The molecule has 2 nitrogen and oxygen atoms in total. The molecular weight excluding hydrogens is 220 g/mol. The van der Waals surface area contributed by atoms with Crippen LogP contribution in [-0.2, 0) is 6.42 Å². The molecule has 0 heterocycles. The van der Waals surface area contributed by atoms with Gasteiger partial charge in [-0.05, 0) is 30.9 Å². The Kier molecular flexibility index (Phi) is 3.88. The zero-order chi connectivity index (χ0) is 11.4. The molecule has 0 N–H and O–H groups in total. The molecule has 86 valence electrons. The summed E-state index contributed by atoms with van der Waals surface area (Å²) < 4.78 is 5.73. The topological polar surface area (TPSA) is 26.3 Å². The van der Waals surface area contributed by atoms with Crippen LogP contribution < -0.4 is 4.74 Å². The average Bonchev–Trinajstić information content (AvgIpc) is 2.68. The highest BCUT2D eigenvalue weighted by Gasteiger charge is 2.22. The van der Waals surface area contributed by atoms with Gasteiger partial charge in [-0.3, -0.25) is 4.79 Å². The minimum absolute atomic E-state index is 0.254. The Bertz CT molecular complexity index is 388. The van der Waals surface area contributed by atoms with E-state index in [0.29, 0.717) is 6.42 Å². The Balaban J connectivity index is 2.02. The summed E-state index contributed by atoms with van der Waals surface area (Å²) in [7, 11) is 0. The van der Waals surface area contributed by atoms with Crippen molar-refractivity contribution in [2.75, 3.05) is 18.6 Å². The van der Waals surface area contributed by atoms with Crippen molar-refractivity contribution in [1.29, 1.82) is 0 Å². The van der Waals surface area contributed by atoms with Crippen LogP contribution in [-0.4, -0.2) is 24.4 Å². The van der Waals surface area contributed by atoms with Gasteiger partial charge in [-0.25, -0.2) is 0 Å². The lowest BCUT2D eigenvalue weighted by Gasteiger charge is -2.09. The van der Waals surface area contributed by atoms with Crippen molar-refractivity contribution in [1.82, 2.24) is 0 Å². The van der Waals surface area contributed by atoms with Crippen LogP contribution in [0, 0.1) is 0 Å². The molecule has 0 spiro atoms. The Morgan fingerprint density at radius 2 is 2.25 bits per heavy atom. The van der Waals surface area contributed by atoms with E-state index in [2.05, 4.69) is 6.26 Å². The van der Waals surface area contributed by atoms with Crippen molar-refractivity contribution in [3.05, 3.63) is 29.3 Å². The number of hydrogen-bond acceptors (Lipinski definition) is 3. The number of fused-ring (bicyclic) bond motifs is 1. The van der Waals surface area contributed by atoms with Crippen LogP contribution in [0.25, 0.3) is 0 Å². The maximum absolute atomic E-state index is 11.5. The molecule has 0 atom stereocenters. The molecule has 1 aliphatic carbocycles. The lowest BCUT2D eigenvalue weighted by atomic mass is 10.1. The van der Waals surface area contributed by atoms with Crippen molar-refractivity contribution in [2.24, 2.45) is 0 Å². The monoisotopic (exact) mass is 236 g/mol. The van der Waals surface area contributed by atoms with Crippen LogP contribution in [0.15, 0.2) is 18.2 Å². The van der Waals surface area contributed by atoms with Crippen molar-refractivity contribution in [2.45, 2.75) is 19.3 Å². The number of hydrogen-bond donors (Lipinski definition) is 0. The van der Waals surface area contributed by atoms with E-state index in [0.717, 1.165) is 42.1 Å². The molecule has 1 aromatic rings. The molecule has 1 aromatic carbocycles. The van der Waals surface area contributed by atoms with Crippen LogP contribution in [0.2, 0.25) is 0 Å². The van der Waals surface area contributed by atoms with E-state index in [4.69, 9.17) is 4.74 Å². The summed E-state index contributed by atoms with van der Waals surface area (Å²) in [6.07, 6.45) is 4.63. The van der Waals surface area contributed by atoms with Crippen LogP contribution in [0.5, 0.6) is 5.75 Å². The lowest BCUT2D eigenvalue weighted by molar-refractivity contribution is 0.0994. The predicted molar refractivity (Wildman–Crippen MR) is 67.6 cm³/mol. The molecule has 3 heteroatoms. The highest BCUT2D eigenvalue weighted by molar-refractivity contribution is 7.98. The summed E-state index contributed by atoms with van der Waals surface area (Å²) >= 11 is 1.83. The van der Waals surface area contributed by atoms with Crippen LogP contribution >= 0.6 is 11.8 Å². The van der Waals surface area contributed by atoms with Gasteiger partial charge in [0.1, 0.15) is 5.75 Å². The number of carbonyl (C=O) groups is 1. The fourth-order valence-electron chi connectivity index (χ4n) is 1.98. The summed E-state index contributed by atoms with van der Waals surface area (Å²) in [5.41, 5.74) is 1.97. The van der Waals surface area contributed by atoms with Crippen molar-refractivity contribution in [3.8, 4) is 5.75 Å². The molecule has 0 aliphatic heterocycles. The molecule has 16 heavy (non-hydrogen) atoms. The SMILES string of the molecule is CSCCCOc1cccc2c1CCC2=O. The predicted octanol–water partition coefficient (Wildman–Crippen LogP) is 2.95. The van der Waals surface area contributed by atoms with Gasteiger partial charge in [0.25, 0.3) is 0 Å². The average molecular weight is 236 g/mol. The second-order valence-electron chi connectivity index (χ2n) is 3.90. The molecule has 0 saturated carbocycles. The first-order valence-corrected chi connectivity index (χ1v) is 6.99. The van der Waals surface area contributed by atoms with E-state index >= 15 is 0 Å². The van der Waals surface area contributed by atoms with Crippen LogP contribution in [0.1, 0.15) is 28.8 Å². The van der Waals surface area contributed by atoms with E-state index < -0.39 is 0 Å². The second-order valence-corrected chi connectivity index (χ2v) is 4.89. The zero-order valence-corrected chi connectivity index (χ0v) is 10.3. The molecule has 0 fully saturated rings. The second kappa shape index (κ2) is 5.39. The largest absolute Gasteiger partial charge is 0.493 e. The van der Waals surface area contributed by atoms with Crippen LogP contribution in [0.3, 0.4) is 0 Å². The summed E-state index contributed by atoms with van der Waals surface area (Å²) in [6, 6.07) is 5.78. The number of benzene rings is 1. The van der Waals surface area contributed by atoms with Gasteiger partial charge in [-0.2, -0.15) is 11.8 Å². The summed E-state index contributed by atoms with van der Waals surface area (Å²) in [6.45, 7) is 0.742. The maximum atomic E-state index is 11.5. The third-order valence-electron chi connectivity index (χ3n) is 2.79. The number of Topliss-reactive ketones (excluding diaryl/α,β-unsaturated/α-hetero) is 1. The normalized spacial score (nSPS) is 13.9. The molecule has 1 aliphatic rings. The number of carbonyl (C=O) groups excluding carboxylic acids is 1. The highest BCUT2D eigenvalue weighted by Crippen LogP contribution is 2.30. The Morgan fingerprint density at radius 3 is 3.06 bits per heavy atom. The van der Waals surface area contributed by atoms with Gasteiger partial charge in [0.2, 0.25) is 0 Å². The minimum Gasteiger partial charge on any atom is -0.493 e. The van der Waals surface area contributed by atoms with Gasteiger partial charge < -0.3 is 4.74 Å². The lowest BCUT2D eigenvalue weighted by Crippen LogP contribution is -2.01. The smallest absolute Gasteiger partial charge is 0.163 e. The molecule has 0 saturated heterocycles. The van der Waals surface area contributed by atoms with Gasteiger partial charge in [0.15, 0.2) is 5.78 Å². The van der Waals surface area contributed by atoms with E-state index in [1.54, 1.807) is 0 Å². The molecule has 0 aromatic heterocycles. The first-order valence-electron chi connectivity index (χ1n) is 5.59. The van der Waals surface area contributed by atoms with Gasteiger partial charge >= 0.3 is 0 Å². The number of rotatable bonds is 5. The third kappa shape index (κ3) is 2.40. The first-order chi connectivity index (χ1) is 7.83. The quantitative estimate of drug-likeness (QED) is 0.735. The summed E-state index contributed by atoms with van der Waals surface area (Å²) in [5.74, 6) is 2.28. The zero-order valence-electron chi connectivity index (χ0n) is 9.49. The van der Waals surface area contributed by atoms with Crippen molar-refractivity contribution >= 4 is 17.5 Å². The third-order valence-corrected chi connectivity index (χ3v) is 3.48. The van der Waals surface area contributed by atoms with Crippen molar-refractivity contribution in [3.63, 3.8) is 0 Å². The number of thioether (sulfide) groups is 1. The molecule has 0 radical (unpaired) electrons. The Hall–Kier alpha value is -0.960. The Labute approximate surface area is 100 Å². The number of ether oxygens (including phenoxy) is 1. The highest BCUT2D eigenvalue weighted by atomic mass is 32.2. The van der Waals surface area contributed by atoms with E-state index in [9.17, 15) is 4.79 Å². The number of ketones is 1. The van der Waals surface area contributed by atoms with Gasteiger partial charge in [0, 0.05) is 17.5 Å². The van der Waals surface area contributed by atoms with E-state index in [-0.39, 0.29) is 5.78 Å². The van der Waals surface area contributed by atoms with Crippen molar-refractivity contribution < 1.29 is 9.53 Å². The minimum atomic E-state index is 0.254. The first kappa shape index (κ1) is 11.5. The molecule has 0 amide bonds. The molecule has 0 unspecified atom stereocenters. The van der Waals surface area contributed by atoms with Crippen LogP contribution in [0.4, 0.5) is 0 Å². The van der Waals surface area contributed by atoms with Gasteiger partial charge in [0.05, 0.1) is 6.61 Å². The Morgan fingerprint density at radius 1 is 1.38 bits per heavy atom. The van der Waals surface area contributed by atoms with Gasteiger partial charge in [-0.15, -0.1) is 0 Å². The standard InChI is InChI=1S/C13H16O2S/c1-16-9-3-8-15-13-5-2-4-10-11(13)6-7-12(10)14/h2,4-5H,3,6-9H2,1H3. The molecule has 0 bridgehead atoms. The fourth-order valence-corrected chi connectivity index (χ4v) is 2.39. The molecule has 2 rings (SSSR count).